The largest absolute Gasteiger partial charge is 0.573 e. The van der Waals surface area contributed by atoms with Gasteiger partial charge in [-0.25, -0.2) is 9.78 Å². The van der Waals surface area contributed by atoms with Gasteiger partial charge in [0.25, 0.3) is 0 Å². The van der Waals surface area contributed by atoms with Crippen LogP contribution in [0.3, 0.4) is 0 Å². The average Bonchev–Trinajstić information content (AvgIpc) is 2.85. The number of carboxylic acids is 1. The van der Waals surface area contributed by atoms with Gasteiger partial charge in [0, 0.05) is 24.7 Å². The number of aromatic nitrogens is 1. The number of hydrogen-bond donors (Lipinski definition) is 1. The molecule has 6 nitrogen and oxygen atoms in total. The van der Waals surface area contributed by atoms with Crippen molar-refractivity contribution in [2.24, 2.45) is 0 Å². The first-order chi connectivity index (χ1) is 18.2. The Hall–Kier alpha value is -3.75. The fourth-order valence-corrected chi connectivity index (χ4v) is 4.23. The molecule has 0 aliphatic heterocycles. The van der Waals surface area contributed by atoms with E-state index in [1.54, 1.807) is 18.3 Å². The van der Waals surface area contributed by atoms with Gasteiger partial charge in [0.2, 0.25) is 0 Å². The summed E-state index contributed by atoms with van der Waals surface area (Å²) in [5.41, 5.74) is 1.04. The molecule has 0 spiro atoms. The second-order valence-electron chi connectivity index (χ2n) is 10.6. The summed E-state index contributed by atoms with van der Waals surface area (Å²) >= 11 is 0. The molecular formula is C30H35F3N2O4. The Balaban J connectivity index is 1.89. The van der Waals surface area contributed by atoms with E-state index in [1.165, 1.54) is 26.0 Å². The van der Waals surface area contributed by atoms with E-state index in [0.717, 1.165) is 35.3 Å². The molecule has 9 heteroatoms. The van der Waals surface area contributed by atoms with Crippen molar-refractivity contribution >= 4 is 11.8 Å². The maximum Gasteiger partial charge on any atom is 0.573 e. The van der Waals surface area contributed by atoms with Crippen molar-refractivity contribution < 1.29 is 32.5 Å². The fraction of sp³-hybridized carbons (Fsp3) is 0.400. The Morgan fingerprint density at radius 1 is 0.974 bits per heavy atom. The molecule has 0 unspecified atom stereocenters. The van der Waals surface area contributed by atoms with Gasteiger partial charge in [-0.15, -0.1) is 13.2 Å². The molecule has 0 aliphatic carbocycles. The lowest BCUT2D eigenvalue weighted by Gasteiger charge is -2.35. The molecule has 3 aromatic rings. The SMILES string of the molecule is CCCc1cc(C(C)(C)CN(Cc2ccc(OC(F)(F)F)cc2)c2ccccn2)ccc1OC(C)(C)C(=O)O. The summed E-state index contributed by atoms with van der Waals surface area (Å²) in [6, 6.07) is 17.3. The topological polar surface area (TPSA) is 71.9 Å². The van der Waals surface area contributed by atoms with Crippen LogP contribution in [0, 0.1) is 0 Å². The zero-order valence-electron chi connectivity index (χ0n) is 22.9. The van der Waals surface area contributed by atoms with Gasteiger partial charge in [-0.1, -0.05) is 57.5 Å². The smallest absolute Gasteiger partial charge is 0.478 e. The van der Waals surface area contributed by atoms with Crippen LogP contribution in [-0.4, -0.2) is 34.6 Å². The first-order valence-electron chi connectivity index (χ1n) is 12.8. The molecule has 1 heterocycles. The van der Waals surface area contributed by atoms with E-state index in [9.17, 15) is 23.1 Å². The molecule has 2 aromatic carbocycles. The number of carbonyl (C=O) groups is 1. The highest BCUT2D eigenvalue weighted by Crippen LogP contribution is 2.33. The fourth-order valence-electron chi connectivity index (χ4n) is 4.23. The quantitative estimate of drug-likeness (QED) is 0.261. The van der Waals surface area contributed by atoms with E-state index in [-0.39, 0.29) is 11.2 Å². The van der Waals surface area contributed by atoms with E-state index in [0.29, 0.717) is 18.8 Å². The number of halogens is 3. The summed E-state index contributed by atoms with van der Waals surface area (Å²) in [4.78, 5) is 18.2. The number of hydrogen-bond acceptors (Lipinski definition) is 5. The third-order valence-corrected chi connectivity index (χ3v) is 6.33. The first kappa shape index (κ1) is 29.8. The van der Waals surface area contributed by atoms with E-state index < -0.39 is 17.9 Å². The van der Waals surface area contributed by atoms with Crippen molar-refractivity contribution in [1.29, 1.82) is 0 Å². The molecule has 0 atom stereocenters. The molecule has 39 heavy (non-hydrogen) atoms. The van der Waals surface area contributed by atoms with Crippen LogP contribution < -0.4 is 14.4 Å². The van der Waals surface area contributed by atoms with Gasteiger partial charge in [0.1, 0.15) is 17.3 Å². The summed E-state index contributed by atoms with van der Waals surface area (Å²) in [5.74, 6) is -0.0316. The predicted octanol–water partition coefficient (Wildman–Crippen LogP) is 7.16. The lowest BCUT2D eigenvalue weighted by Crippen LogP contribution is -2.38. The molecule has 1 N–H and O–H groups in total. The number of rotatable bonds is 12. The minimum Gasteiger partial charge on any atom is -0.478 e. The average molecular weight is 545 g/mol. The summed E-state index contributed by atoms with van der Waals surface area (Å²) in [7, 11) is 0. The molecule has 0 fully saturated rings. The summed E-state index contributed by atoms with van der Waals surface area (Å²) in [6.07, 6.45) is -1.45. The lowest BCUT2D eigenvalue weighted by atomic mass is 9.82. The maximum absolute atomic E-state index is 12.6. The molecule has 0 saturated heterocycles. The number of benzene rings is 2. The Bertz CT molecular complexity index is 1240. The van der Waals surface area contributed by atoms with E-state index in [1.807, 2.05) is 30.3 Å². The van der Waals surface area contributed by atoms with Crippen LogP contribution in [0.2, 0.25) is 0 Å². The number of carboxylic acid groups (broad SMARTS) is 1. The van der Waals surface area contributed by atoms with Gasteiger partial charge >= 0.3 is 12.3 Å². The third kappa shape index (κ3) is 8.37. The molecule has 0 amide bonds. The van der Waals surface area contributed by atoms with Crippen LogP contribution in [0.25, 0.3) is 0 Å². The monoisotopic (exact) mass is 544 g/mol. The van der Waals surface area contributed by atoms with Crippen LogP contribution in [0.15, 0.2) is 66.9 Å². The van der Waals surface area contributed by atoms with Gasteiger partial charge in [-0.3, -0.25) is 0 Å². The molecule has 0 bridgehead atoms. The normalized spacial score (nSPS) is 12.2. The van der Waals surface area contributed by atoms with Crippen molar-refractivity contribution in [3.63, 3.8) is 0 Å². The van der Waals surface area contributed by atoms with E-state index in [4.69, 9.17) is 4.74 Å². The zero-order valence-corrected chi connectivity index (χ0v) is 22.9. The minimum atomic E-state index is -4.74. The Morgan fingerprint density at radius 3 is 2.23 bits per heavy atom. The van der Waals surface area contributed by atoms with Gasteiger partial charge in [0.15, 0.2) is 5.60 Å². The van der Waals surface area contributed by atoms with Crippen LogP contribution in [0.4, 0.5) is 19.0 Å². The van der Waals surface area contributed by atoms with Crippen molar-refractivity contribution in [2.75, 3.05) is 11.4 Å². The summed E-state index contributed by atoms with van der Waals surface area (Å²) < 4.78 is 47.6. The minimum absolute atomic E-state index is 0.271. The summed E-state index contributed by atoms with van der Waals surface area (Å²) in [6.45, 7) is 10.3. The van der Waals surface area contributed by atoms with Gasteiger partial charge in [0.05, 0.1) is 0 Å². The third-order valence-electron chi connectivity index (χ3n) is 6.33. The number of pyridine rings is 1. The molecule has 3 rings (SSSR count). The number of aryl methyl sites for hydroxylation is 1. The zero-order chi connectivity index (χ0) is 28.8. The highest BCUT2D eigenvalue weighted by atomic mass is 19.4. The van der Waals surface area contributed by atoms with Crippen LogP contribution >= 0.6 is 0 Å². The van der Waals surface area contributed by atoms with Crippen molar-refractivity contribution in [2.45, 2.75) is 71.4 Å². The van der Waals surface area contributed by atoms with E-state index >= 15 is 0 Å². The van der Waals surface area contributed by atoms with Crippen LogP contribution in [0.1, 0.15) is 57.7 Å². The van der Waals surface area contributed by atoms with Crippen molar-refractivity contribution in [1.82, 2.24) is 4.98 Å². The highest BCUT2D eigenvalue weighted by molar-refractivity contribution is 5.76. The molecular weight excluding hydrogens is 509 g/mol. The number of alkyl halides is 3. The van der Waals surface area contributed by atoms with Gasteiger partial charge < -0.3 is 19.5 Å². The molecule has 0 radical (unpaired) electrons. The lowest BCUT2D eigenvalue weighted by molar-refractivity contribution is -0.274. The second-order valence-corrected chi connectivity index (χ2v) is 10.6. The van der Waals surface area contributed by atoms with Crippen LogP contribution in [-0.2, 0) is 23.2 Å². The van der Waals surface area contributed by atoms with Crippen molar-refractivity contribution in [3.8, 4) is 11.5 Å². The predicted molar refractivity (Wildman–Crippen MR) is 144 cm³/mol. The molecule has 1 aromatic heterocycles. The second kappa shape index (κ2) is 12.0. The summed E-state index contributed by atoms with van der Waals surface area (Å²) in [5, 5.41) is 9.51. The maximum atomic E-state index is 12.6. The van der Waals surface area contributed by atoms with Gasteiger partial charge in [-0.05, 0) is 67.3 Å². The van der Waals surface area contributed by atoms with Crippen molar-refractivity contribution in [3.05, 3.63) is 83.6 Å². The highest BCUT2D eigenvalue weighted by Gasteiger charge is 2.32. The molecule has 0 aliphatic rings. The number of anilines is 1. The Kier molecular flexibility index (Phi) is 9.14. The molecule has 210 valence electrons. The van der Waals surface area contributed by atoms with E-state index in [2.05, 4.69) is 41.5 Å². The number of ether oxygens (including phenoxy) is 2. The first-order valence-corrected chi connectivity index (χ1v) is 12.8. The van der Waals surface area contributed by atoms with Gasteiger partial charge in [-0.2, -0.15) is 0 Å². The number of nitrogens with zero attached hydrogens (tertiary/aromatic N) is 2. The van der Waals surface area contributed by atoms with Crippen LogP contribution in [0.5, 0.6) is 11.5 Å². The molecule has 0 saturated carbocycles. The number of aliphatic carboxylic acids is 1. The standard InChI is InChI=1S/C30H35F3N2O4/c1-6-9-22-18-23(13-16-25(22)39-29(4,5)27(36)37)28(2,3)20-35(26-10-7-8-17-34-26)19-21-11-14-24(15-12-21)38-30(31,32)33/h7-8,10-18H,6,9,19-20H2,1-5H3,(H,36,37). The Labute approximate surface area is 227 Å². The Morgan fingerprint density at radius 2 is 1.67 bits per heavy atom.